The predicted molar refractivity (Wildman–Crippen MR) is 81.3 cm³/mol. The van der Waals surface area contributed by atoms with Crippen molar-refractivity contribution in [1.29, 1.82) is 0 Å². The van der Waals surface area contributed by atoms with Gasteiger partial charge in [0.25, 0.3) is 0 Å². The van der Waals surface area contributed by atoms with Gasteiger partial charge in [-0.25, -0.2) is 0 Å². The van der Waals surface area contributed by atoms with Crippen molar-refractivity contribution in [2.24, 2.45) is 17.8 Å². The molecule has 2 heteroatoms. The maximum atomic E-state index is 5.84. The minimum absolute atomic E-state index is 0.739. The van der Waals surface area contributed by atoms with Gasteiger partial charge in [0.2, 0.25) is 0 Å². The molecule has 0 saturated heterocycles. The largest absolute Gasteiger partial charge is 0.380 e. The van der Waals surface area contributed by atoms with Gasteiger partial charge >= 0.3 is 0 Å². The van der Waals surface area contributed by atoms with Gasteiger partial charge in [-0.15, -0.1) is 0 Å². The summed E-state index contributed by atoms with van der Waals surface area (Å²) in [7, 11) is 0. The van der Waals surface area contributed by atoms with Crippen LogP contribution in [0.1, 0.15) is 51.9 Å². The molecular formula is C17H31NO. The number of hydrogen-bond acceptors (Lipinski definition) is 2. The first kappa shape index (κ1) is 15.1. The van der Waals surface area contributed by atoms with Gasteiger partial charge in [-0.2, -0.15) is 0 Å². The highest BCUT2D eigenvalue weighted by Crippen LogP contribution is 2.25. The Labute approximate surface area is 119 Å². The Morgan fingerprint density at radius 1 is 1.11 bits per heavy atom. The highest BCUT2D eigenvalue weighted by atomic mass is 16.5. The van der Waals surface area contributed by atoms with Gasteiger partial charge in [0.15, 0.2) is 0 Å². The molecule has 0 aromatic heterocycles. The van der Waals surface area contributed by atoms with Crippen molar-refractivity contribution in [3.8, 4) is 0 Å². The second kappa shape index (κ2) is 8.76. The van der Waals surface area contributed by atoms with Gasteiger partial charge in [0.05, 0.1) is 13.2 Å². The zero-order valence-corrected chi connectivity index (χ0v) is 12.6. The summed E-state index contributed by atoms with van der Waals surface area (Å²) in [5.74, 6) is 2.46. The van der Waals surface area contributed by atoms with Crippen LogP contribution in [0.5, 0.6) is 0 Å². The van der Waals surface area contributed by atoms with Gasteiger partial charge in [-0.1, -0.05) is 38.3 Å². The molecule has 1 N–H and O–H groups in total. The van der Waals surface area contributed by atoms with Crippen molar-refractivity contribution in [2.75, 3.05) is 26.3 Å². The lowest BCUT2D eigenvalue weighted by Gasteiger charge is -2.25. The van der Waals surface area contributed by atoms with Crippen LogP contribution >= 0.6 is 0 Å². The van der Waals surface area contributed by atoms with E-state index in [2.05, 4.69) is 24.4 Å². The third-order valence-electron chi connectivity index (χ3n) is 4.83. The molecule has 19 heavy (non-hydrogen) atoms. The molecule has 0 radical (unpaired) electrons. The van der Waals surface area contributed by atoms with Crippen LogP contribution < -0.4 is 5.32 Å². The van der Waals surface area contributed by atoms with E-state index >= 15 is 0 Å². The molecule has 0 amide bonds. The Morgan fingerprint density at radius 3 is 2.68 bits per heavy atom. The van der Waals surface area contributed by atoms with Crippen LogP contribution in [0, 0.1) is 17.8 Å². The van der Waals surface area contributed by atoms with Crippen LogP contribution in [0.25, 0.3) is 0 Å². The van der Waals surface area contributed by atoms with Crippen molar-refractivity contribution in [3.63, 3.8) is 0 Å². The second-order valence-corrected chi connectivity index (χ2v) is 6.46. The average Bonchev–Trinajstić information content (AvgIpc) is 2.45. The van der Waals surface area contributed by atoms with Crippen molar-refractivity contribution in [3.05, 3.63) is 12.2 Å². The Morgan fingerprint density at radius 2 is 1.89 bits per heavy atom. The van der Waals surface area contributed by atoms with E-state index in [0.717, 1.165) is 37.5 Å². The number of allylic oxidation sites excluding steroid dienone is 2. The van der Waals surface area contributed by atoms with Crippen LogP contribution in [-0.4, -0.2) is 26.3 Å². The lowest BCUT2D eigenvalue weighted by atomic mass is 9.85. The second-order valence-electron chi connectivity index (χ2n) is 6.46. The fourth-order valence-electron chi connectivity index (χ4n) is 3.32. The van der Waals surface area contributed by atoms with Crippen molar-refractivity contribution < 1.29 is 4.74 Å². The molecule has 2 unspecified atom stereocenters. The zero-order valence-electron chi connectivity index (χ0n) is 12.6. The van der Waals surface area contributed by atoms with E-state index in [1.807, 2.05) is 0 Å². The van der Waals surface area contributed by atoms with Crippen LogP contribution in [-0.2, 0) is 4.74 Å². The summed E-state index contributed by atoms with van der Waals surface area (Å²) in [6.45, 7) is 6.38. The highest BCUT2D eigenvalue weighted by molar-refractivity contribution is 4.93. The highest BCUT2D eigenvalue weighted by Gasteiger charge is 2.18. The molecule has 110 valence electrons. The molecule has 0 aliphatic heterocycles. The zero-order chi connectivity index (χ0) is 13.3. The van der Waals surface area contributed by atoms with E-state index in [-0.39, 0.29) is 0 Å². The van der Waals surface area contributed by atoms with E-state index in [1.165, 1.54) is 51.5 Å². The maximum Gasteiger partial charge on any atom is 0.0591 e. The molecule has 0 heterocycles. The minimum atomic E-state index is 0.739. The van der Waals surface area contributed by atoms with Crippen LogP contribution in [0.4, 0.5) is 0 Å². The van der Waals surface area contributed by atoms with Crippen molar-refractivity contribution in [2.45, 2.75) is 51.9 Å². The number of ether oxygens (including phenoxy) is 1. The molecule has 2 aliphatic carbocycles. The molecule has 2 atom stereocenters. The van der Waals surface area contributed by atoms with E-state index in [0.29, 0.717) is 0 Å². The summed E-state index contributed by atoms with van der Waals surface area (Å²) in [6, 6.07) is 0. The maximum absolute atomic E-state index is 5.84. The molecule has 0 aromatic rings. The molecule has 2 rings (SSSR count). The standard InChI is InChI=1S/C17H31NO/c1-15-7-5-6-10-17(15)14-19-12-11-18-13-16-8-3-2-4-9-16/h5-6,15-18H,2-4,7-14H2,1H3. The lowest BCUT2D eigenvalue weighted by molar-refractivity contribution is 0.0802. The molecule has 1 fully saturated rings. The fourth-order valence-corrected chi connectivity index (χ4v) is 3.32. The van der Waals surface area contributed by atoms with E-state index in [9.17, 15) is 0 Å². The Balaban J connectivity index is 1.44. The SMILES string of the molecule is CC1CC=CCC1COCCNCC1CCCCC1. The Bertz CT molecular complexity index is 258. The summed E-state index contributed by atoms with van der Waals surface area (Å²) in [4.78, 5) is 0. The topological polar surface area (TPSA) is 21.3 Å². The molecular weight excluding hydrogens is 234 g/mol. The summed E-state index contributed by atoms with van der Waals surface area (Å²) < 4.78 is 5.84. The summed E-state index contributed by atoms with van der Waals surface area (Å²) in [6.07, 6.45) is 14.3. The van der Waals surface area contributed by atoms with Gasteiger partial charge in [-0.05, 0) is 50.0 Å². The van der Waals surface area contributed by atoms with Crippen molar-refractivity contribution in [1.82, 2.24) is 5.32 Å². The van der Waals surface area contributed by atoms with E-state index in [1.54, 1.807) is 0 Å². The third kappa shape index (κ3) is 5.66. The van der Waals surface area contributed by atoms with Gasteiger partial charge in [0.1, 0.15) is 0 Å². The first-order valence-corrected chi connectivity index (χ1v) is 8.29. The Hall–Kier alpha value is -0.340. The molecule has 2 nitrogen and oxygen atoms in total. The van der Waals surface area contributed by atoms with Crippen LogP contribution in [0.15, 0.2) is 12.2 Å². The van der Waals surface area contributed by atoms with Gasteiger partial charge in [0, 0.05) is 6.54 Å². The number of nitrogens with one attached hydrogen (secondary N) is 1. The molecule has 0 aromatic carbocycles. The summed E-state index contributed by atoms with van der Waals surface area (Å²) in [5, 5.41) is 3.57. The third-order valence-corrected chi connectivity index (χ3v) is 4.83. The summed E-state index contributed by atoms with van der Waals surface area (Å²) in [5.41, 5.74) is 0. The normalized spacial score (nSPS) is 28.7. The molecule has 0 spiro atoms. The van der Waals surface area contributed by atoms with Gasteiger partial charge < -0.3 is 10.1 Å². The first-order valence-electron chi connectivity index (χ1n) is 8.29. The molecule has 0 bridgehead atoms. The Kier molecular flexibility index (Phi) is 6.94. The first-order chi connectivity index (χ1) is 9.36. The van der Waals surface area contributed by atoms with E-state index in [4.69, 9.17) is 4.74 Å². The predicted octanol–water partition coefficient (Wildman–Crippen LogP) is 3.78. The smallest absolute Gasteiger partial charge is 0.0591 e. The summed E-state index contributed by atoms with van der Waals surface area (Å²) >= 11 is 0. The molecule has 2 aliphatic rings. The molecule has 1 saturated carbocycles. The number of hydrogen-bond donors (Lipinski definition) is 1. The average molecular weight is 265 g/mol. The van der Waals surface area contributed by atoms with Crippen molar-refractivity contribution >= 4 is 0 Å². The van der Waals surface area contributed by atoms with Gasteiger partial charge in [-0.3, -0.25) is 0 Å². The van der Waals surface area contributed by atoms with Crippen LogP contribution in [0.3, 0.4) is 0 Å². The lowest BCUT2D eigenvalue weighted by Crippen LogP contribution is -2.28. The minimum Gasteiger partial charge on any atom is -0.380 e. The van der Waals surface area contributed by atoms with Crippen LogP contribution in [0.2, 0.25) is 0 Å². The fraction of sp³-hybridized carbons (Fsp3) is 0.882. The number of rotatable bonds is 7. The monoisotopic (exact) mass is 265 g/mol. The quantitative estimate of drug-likeness (QED) is 0.559. The van der Waals surface area contributed by atoms with E-state index < -0.39 is 0 Å².